The lowest BCUT2D eigenvalue weighted by Crippen LogP contribution is -2.25. The molecule has 0 spiro atoms. The average Bonchev–Trinajstić information content (AvgIpc) is 3.11. The fourth-order valence-corrected chi connectivity index (χ4v) is 2.75. The smallest absolute Gasteiger partial charge is 0.224 e. The molecule has 1 N–H and O–H groups in total. The van der Waals surface area contributed by atoms with Crippen LogP contribution in [0.4, 0.5) is 8.78 Å². The van der Waals surface area contributed by atoms with Gasteiger partial charge in [0.1, 0.15) is 11.6 Å². The molecule has 2 aromatic heterocycles. The highest BCUT2D eigenvalue weighted by Gasteiger charge is 2.11. The molecule has 0 bridgehead atoms. The minimum atomic E-state index is -0.345. The van der Waals surface area contributed by atoms with Crippen molar-refractivity contribution in [3.05, 3.63) is 83.7 Å². The second kappa shape index (κ2) is 7.51. The second-order valence-corrected chi connectivity index (χ2v) is 6.19. The molecule has 0 aliphatic rings. The van der Waals surface area contributed by atoms with Gasteiger partial charge in [-0.15, -0.1) is 10.2 Å². The quantitative estimate of drug-likeness (QED) is 0.579. The van der Waals surface area contributed by atoms with Crippen LogP contribution in [0.1, 0.15) is 11.4 Å². The first kappa shape index (κ1) is 17.7. The van der Waals surface area contributed by atoms with Crippen molar-refractivity contribution in [1.82, 2.24) is 25.1 Å². The number of nitrogens with zero attached hydrogens (tertiary/aromatic N) is 4. The molecule has 4 aromatic rings. The summed E-state index contributed by atoms with van der Waals surface area (Å²) in [6.45, 7) is 0.140. The van der Waals surface area contributed by atoms with E-state index in [9.17, 15) is 13.6 Å². The van der Waals surface area contributed by atoms with Crippen LogP contribution in [0.15, 0.2) is 60.7 Å². The predicted molar refractivity (Wildman–Crippen MR) is 98.1 cm³/mol. The van der Waals surface area contributed by atoms with E-state index in [0.717, 1.165) is 5.56 Å². The van der Waals surface area contributed by atoms with Crippen molar-refractivity contribution in [2.75, 3.05) is 0 Å². The first-order chi connectivity index (χ1) is 13.6. The Morgan fingerprint density at radius 3 is 2.29 bits per heavy atom. The molecule has 0 aliphatic carbocycles. The van der Waals surface area contributed by atoms with Gasteiger partial charge in [0.2, 0.25) is 5.91 Å². The van der Waals surface area contributed by atoms with Crippen LogP contribution in [0, 0.1) is 11.6 Å². The van der Waals surface area contributed by atoms with E-state index < -0.39 is 0 Å². The topological polar surface area (TPSA) is 72.2 Å². The van der Waals surface area contributed by atoms with Gasteiger partial charge in [-0.25, -0.2) is 8.78 Å². The summed E-state index contributed by atoms with van der Waals surface area (Å²) in [5.41, 5.74) is 2.63. The van der Waals surface area contributed by atoms with Gasteiger partial charge in [-0.1, -0.05) is 12.1 Å². The van der Waals surface area contributed by atoms with E-state index in [1.165, 1.54) is 28.8 Å². The molecule has 2 aromatic carbocycles. The van der Waals surface area contributed by atoms with Gasteiger partial charge in [-0.05, 0) is 54.1 Å². The Morgan fingerprint density at radius 1 is 0.893 bits per heavy atom. The molecular formula is C20H15F2N5O. The highest BCUT2D eigenvalue weighted by Crippen LogP contribution is 2.17. The molecule has 4 rings (SSSR count). The van der Waals surface area contributed by atoms with Crippen LogP contribution in [-0.2, 0) is 17.8 Å². The number of halogens is 2. The number of carbonyl (C=O) groups is 1. The van der Waals surface area contributed by atoms with Gasteiger partial charge in [-0.2, -0.15) is 9.61 Å². The van der Waals surface area contributed by atoms with Crippen LogP contribution < -0.4 is 5.32 Å². The molecule has 8 heteroatoms. The highest BCUT2D eigenvalue weighted by molar-refractivity contribution is 5.78. The van der Waals surface area contributed by atoms with Crippen LogP contribution in [0.3, 0.4) is 0 Å². The molecule has 28 heavy (non-hydrogen) atoms. The Morgan fingerprint density at radius 2 is 1.57 bits per heavy atom. The summed E-state index contributed by atoms with van der Waals surface area (Å²) in [6, 6.07) is 15.3. The standard InChI is InChI=1S/C20H15F2N5O/c21-15-5-1-13(2-6-15)11-20(28)23-12-19-25-24-18-10-9-17(26-27(18)19)14-3-7-16(22)8-4-14/h1-10H,11-12H2,(H,23,28). The first-order valence-corrected chi connectivity index (χ1v) is 8.57. The number of amides is 1. The number of aromatic nitrogens is 4. The van der Waals surface area contributed by atoms with Crippen LogP contribution >= 0.6 is 0 Å². The van der Waals surface area contributed by atoms with E-state index in [4.69, 9.17) is 0 Å². The van der Waals surface area contributed by atoms with Crippen molar-refractivity contribution in [2.45, 2.75) is 13.0 Å². The van der Waals surface area contributed by atoms with Crippen LogP contribution in [0.5, 0.6) is 0 Å². The molecule has 2 heterocycles. The Kier molecular flexibility index (Phi) is 4.76. The van der Waals surface area contributed by atoms with Gasteiger partial charge in [-0.3, -0.25) is 4.79 Å². The van der Waals surface area contributed by atoms with Gasteiger partial charge in [0, 0.05) is 5.56 Å². The summed E-state index contributed by atoms with van der Waals surface area (Å²) < 4.78 is 27.6. The molecular weight excluding hydrogens is 364 g/mol. The van der Waals surface area contributed by atoms with Crippen molar-refractivity contribution in [3.8, 4) is 11.3 Å². The van der Waals surface area contributed by atoms with Crippen LogP contribution in [0.25, 0.3) is 16.9 Å². The number of hydrogen-bond donors (Lipinski definition) is 1. The third kappa shape index (κ3) is 3.85. The molecule has 6 nitrogen and oxygen atoms in total. The Balaban J connectivity index is 1.49. The third-order valence-electron chi connectivity index (χ3n) is 4.19. The van der Waals surface area contributed by atoms with Crippen molar-refractivity contribution < 1.29 is 13.6 Å². The lowest BCUT2D eigenvalue weighted by Gasteiger charge is -2.05. The summed E-state index contributed by atoms with van der Waals surface area (Å²) in [7, 11) is 0. The molecule has 0 saturated carbocycles. The van der Waals surface area contributed by atoms with E-state index >= 15 is 0 Å². The summed E-state index contributed by atoms with van der Waals surface area (Å²) in [6.07, 6.45) is 0.130. The number of carbonyl (C=O) groups excluding carboxylic acids is 1. The van der Waals surface area contributed by atoms with Crippen molar-refractivity contribution in [2.24, 2.45) is 0 Å². The van der Waals surface area contributed by atoms with Gasteiger partial charge >= 0.3 is 0 Å². The number of hydrogen-bond acceptors (Lipinski definition) is 4. The first-order valence-electron chi connectivity index (χ1n) is 8.57. The maximum atomic E-state index is 13.1. The number of rotatable bonds is 5. The minimum absolute atomic E-state index is 0.130. The van der Waals surface area contributed by atoms with Gasteiger partial charge < -0.3 is 5.32 Å². The average molecular weight is 379 g/mol. The van der Waals surface area contributed by atoms with Crippen molar-refractivity contribution in [3.63, 3.8) is 0 Å². The summed E-state index contributed by atoms with van der Waals surface area (Å²) in [4.78, 5) is 12.1. The monoisotopic (exact) mass is 379 g/mol. The number of fused-ring (bicyclic) bond motifs is 1. The molecule has 0 saturated heterocycles. The maximum Gasteiger partial charge on any atom is 0.224 e. The summed E-state index contributed by atoms with van der Waals surface area (Å²) in [5.74, 6) is -0.426. The zero-order valence-electron chi connectivity index (χ0n) is 14.6. The van der Waals surface area contributed by atoms with Gasteiger partial charge in [0.25, 0.3) is 0 Å². The molecule has 0 atom stereocenters. The minimum Gasteiger partial charge on any atom is -0.348 e. The lowest BCUT2D eigenvalue weighted by atomic mass is 10.1. The van der Waals surface area contributed by atoms with Crippen LogP contribution in [-0.4, -0.2) is 25.7 Å². The lowest BCUT2D eigenvalue weighted by molar-refractivity contribution is -0.120. The predicted octanol–water partition coefficient (Wildman–Crippen LogP) is 2.93. The van der Waals surface area contributed by atoms with Crippen LogP contribution in [0.2, 0.25) is 0 Å². The van der Waals surface area contributed by atoms with Crippen molar-refractivity contribution in [1.29, 1.82) is 0 Å². The summed E-state index contributed by atoms with van der Waals surface area (Å²) in [5, 5.41) is 15.3. The molecule has 0 aliphatic heterocycles. The second-order valence-electron chi connectivity index (χ2n) is 6.19. The van der Waals surface area contributed by atoms with E-state index in [2.05, 4.69) is 20.6 Å². The molecule has 1 amide bonds. The Hall–Kier alpha value is -3.68. The SMILES string of the molecule is O=C(Cc1ccc(F)cc1)NCc1nnc2ccc(-c3ccc(F)cc3)nn12. The van der Waals surface area contributed by atoms with E-state index in [1.54, 1.807) is 36.4 Å². The Labute approximate surface area is 158 Å². The Bertz CT molecular complexity index is 1120. The molecule has 0 radical (unpaired) electrons. The fraction of sp³-hybridized carbons (Fsp3) is 0.100. The van der Waals surface area contributed by atoms with Crippen molar-refractivity contribution >= 4 is 11.6 Å². The fourth-order valence-electron chi connectivity index (χ4n) is 2.75. The van der Waals surface area contributed by atoms with E-state index in [-0.39, 0.29) is 30.5 Å². The van der Waals surface area contributed by atoms with Gasteiger partial charge in [0.15, 0.2) is 11.5 Å². The maximum absolute atomic E-state index is 13.1. The van der Waals surface area contributed by atoms with E-state index in [1.807, 2.05) is 0 Å². The molecule has 140 valence electrons. The zero-order chi connectivity index (χ0) is 19.5. The molecule has 0 fully saturated rings. The largest absolute Gasteiger partial charge is 0.348 e. The van der Waals surface area contributed by atoms with E-state index in [0.29, 0.717) is 22.7 Å². The third-order valence-corrected chi connectivity index (χ3v) is 4.19. The zero-order valence-corrected chi connectivity index (χ0v) is 14.6. The number of benzene rings is 2. The highest BCUT2D eigenvalue weighted by atomic mass is 19.1. The number of nitrogens with one attached hydrogen (secondary N) is 1. The molecule has 0 unspecified atom stereocenters. The summed E-state index contributed by atoms with van der Waals surface area (Å²) >= 11 is 0. The van der Waals surface area contributed by atoms with Gasteiger partial charge in [0.05, 0.1) is 18.7 Å². The normalized spacial score (nSPS) is 10.9.